The van der Waals surface area contributed by atoms with Crippen LogP contribution < -0.4 is 10.1 Å². The predicted molar refractivity (Wildman–Crippen MR) is 98.1 cm³/mol. The van der Waals surface area contributed by atoms with Crippen molar-refractivity contribution in [1.29, 1.82) is 0 Å². The number of methoxy groups -OCH3 is 1. The summed E-state index contributed by atoms with van der Waals surface area (Å²) in [6.45, 7) is 4.74. The summed E-state index contributed by atoms with van der Waals surface area (Å²) >= 11 is 0. The zero-order chi connectivity index (χ0) is 20.0. The minimum Gasteiger partial charge on any atom is -0.497 e. The van der Waals surface area contributed by atoms with Gasteiger partial charge in [-0.15, -0.1) is 0 Å². The van der Waals surface area contributed by atoms with Gasteiger partial charge in [-0.1, -0.05) is 0 Å². The Morgan fingerprint density at radius 1 is 1.04 bits per heavy atom. The number of nitrogens with one attached hydrogen (secondary N) is 2. The van der Waals surface area contributed by atoms with Crippen molar-refractivity contribution >= 4 is 23.5 Å². The van der Waals surface area contributed by atoms with Crippen molar-refractivity contribution in [3.63, 3.8) is 0 Å². The first-order valence-corrected chi connectivity index (χ1v) is 8.34. The molecule has 1 aromatic heterocycles. The van der Waals surface area contributed by atoms with E-state index in [0.29, 0.717) is 28.3 Å². The van der Waals surface area contributed by atoms with E-state index in [1.807, 2.05) is 0 Å². The zero-order valence-corrected chi connectivity index (χ0v) is 15.7. The van der Waals surface area contributed by atoms with Crippen molar-refractivity contribution in [3.8, 4) is 5.75 Å². The maximum absolute atomic E-state index is 12.2. The fraction of sp³-hybridized carbons (Fsp3) is 0.316. The highest BCUT2D eigenvalue weighted by Gasteiger charge is 2.24. The van der Waals surface area contributed by atoms with E-state index in [2.05, 4.69) is 10.3 Å². The molecule has 0 bridgehead atoms. The van der Waals surface area contributed by atoms with E-state index >= 15 is 0 Å². The van der Waals surface area contributed by atoms with Gasteiger partial charge in [0.25, 0.3) is 5.91 Å². The lowest BCUT2D eigenvalue weighted by Gasteiger charge is -2.07. The van der Waals surface area contributed by atoms with Crippen LogP contribution in [-0.4, -0.2) is 43.2 Å². The number of benzene rings is 1. The van der Waals surface area contributed by atoms with E-state index in [1.165, 1.54) is 0 Å². The lowest BCUT2D eigenvalue weighted by molar-refractivity contribution is -0.119. The number of carbonyl (C=O) groups excluding carboxylic acids is 3. The van der Waals surface area contributed by atoms with Crippen LogP contribution >= 0.6 is 0 Å². The molecular weight excluding hydrogens is 352 g/mol. The third-order valence-electron chi connectivity index (χ3n) is 3.83. The molecule has 0 aliphatic rings. The normalized spacial score (nSPS) is 10.2. The number of hydrogen-bond donors (Lipinski definition) is 2. The summed E-state index contributed by atoms with van der Waals surface area (Å²) in [5.41, 5.74) is 1.89. The van der Waals surface area contributed by atoms with Gasteiger partial charge in [0.15, 0.2) is 6.61 Å². The molecule has 0 saturated carbocycles. The summed E-state index contributed by atoms with van der Waals surface area (Å²) in [7, 11) is 1.55. The molecule has 0 spiro atoms. The summed E-state index contributed by atoms with van der Waals surface area (Å²) < 4.78 is 15.1. The Hall–Kier alpha value is -3.29. The van der Waals surface area contributed by atoms with Crippen molar-refractivity contribution in [2.45, 2.75) is 20.8 Å². The molecule has 0 fully saturated rings. The third-order valence-corrected chi connectivity index (χ3v) is 3.83. The average molecular weight is 374 g/mol. The van der Waals surface area contributed by atoms with Crippen molar-refractivity contribution in [2.75, 3.05) is 25.6 Å². The van der Waals surface area contributed by atoms with Crippen LogP contribution in [0.15, 0.2) is 24.3 Å². The number of H-pyrrole nitrogens is 1. The molecular formula is C19H22N2O6. The molecule has 8 nitrogen and oxygen atoms in total. The molecule has 8 heteroatoms. The summed E-state index contributed by atoms with van der Waals surface area (Å²) in [6, 6.07) is 6.73. The molecule has 2 aromatic rings. The summed E-state index contributed by atoms with van der Waals surface area (Å²) in [5, 5.41) is 2.61. The van der Waals surface area contributed by atoms with Crippen LogP contribution in [0.25, 0.3) is 0 Å². The number of ether oxygens (including phenoxy) is 3. The van der Waals surface area contributed by atoms with Crippen LogP contribution in [0, 0.1) is 13.8 Å². The molecule has 1 aromatic carbocycles. The van der Waals surface area contributed by atoms with Gasteiger partial charge in [0.2, 0.25) is 0 Å². The number of anilines is 1. The standard InChI is InChI=1S/C19H22N2O6/c1-5-26-18(23)16-11(2)17(20-12(16)3)19(24)27-10-15(22)21-13-6-8-14(25-4)9-7-13/h6-9,20H,5,10H2,1-4H3,(H,21,22). The van der Waals surface area contributed by atoms with Gasteiger partial charge in [0, 0.05) is 11.4 Å². The molecule has 0 radical (unpaired) electrons. The summed E-state index contributed by atoms with van der Waals surface area (Å²) in [4.78, 5) is 39.0. The first kappa shape index (κ1) is 20.0. The van der Waals surface area contributed by atoms with Crippen LogP contribution in [0.2, 0.25) is 0 Å². The van der Waals surface area contributed by atoms with Gasteiger partial charge in [-0.2, -0.15) is 0 Å². The largest absolute Gasteiger partial charge is 0.497 e. The van der Waals surface area contributed by atoms with Crippen LogP contribution in [0.3, 0.4) is 0 Å². The Kier molecular flexibility index (Phi) is 6.59. The molecule has 2 N–H and O–H groups in total. The second-order valence-corrected chi connectivity index (χ2v) is 5.70. The van der Waals surface area contributed by atoms with Crippen LogP contribution in [0.5, 0.6) is 5.75 Å². The minimum absolute atomic E-state index is 0.118. The molecule has 144 valence electrons. The van der Waals surface area contributed by atoms with Crippen LogP contribution in [0.4, 0.5) is 5.69 Å². The first-order valence-electron chi connectivity index (χ1n) is 8.34. The van der Waals surface area contributed by atoms with Gasteiger partial charge in [0.05, 0.1) is 19.3 Å². The fourth-order valence-corrected chi connectivity index (χ4v) is 2.54. The van der Waals surface area contributed by atoms with Gasteiger partial charge in [-0.25, -0.2) is 9.59 Å². The molecule has 0 aliphatic carbocycles. The molecule has 2 rings (SSSR count). The number of aryl methyl sites for hydroxylation is 1. The Balaban J connectivity index is 1.97. The van der Waals surface area contributed by atoms with Crippen molar-refractivity contribution in [2.24, 2.45) is 0 Å². The molecule has 0 aliphatic heterocycles. The molecule has 27 heavy (non-hydrogen) atoms. The van der Waals surface area contributed by atoms with Gasteiger partial charge in [-0.3, -0.25) is 4.79 Å². The van der Waals surface area contributed by atoms with E-state index in [0.717, 1.165) is 0 Å². The monoisotopic (exact) mass is 374 g/mol. The number of rotatable bonds is 7. The number of carbonyl (C=O) groups is 3. The van der Waals surface area contributed by atoms with Crippen molar-refractivity contribution in [1.82, 2.24) is 4.98 Å². The van der Waals surface area contributed by atoms with Crippen molar-refractivity contribution < 1.29 is 28.6 Å². The third kappa shape index (κ3) is 4.87. The summed E-state index contributed by atoms with van der Waals surface area (Å²) in [5.74, 6) is -1.06. The van der Waals surface area contributed by atoms with Gasteiger partial charge >= 0.3 is 11.9 Å². The minimum atomic E-state index is -0.726. The predicted octanol–water partition coefficient (Wildman–Crippen LogP) is 2.61. The van der Waals surface area contributed by atoms with E-state index in [1.54, 1.807) is 52.1 Å². The zero-order valence-electron chi connectivity index (χ0n) is 15.7. The Morgan fingerprint density at radius 3 is 2.30 bits per heavy atom. The lowest BCUT2D eigenvalue weighted by atomic mass is 10.1. The number of aromatic nitrogens is 1. The smallest absolute Gasteiger partial charge is 0.355 e. The van der Waals surface area contributed by atoms with Gasteiger partial charge in [-0.05, 0) is 50.6 Å². The highest BCUT2D eigenvalue weighted by Crippen LogP contribution is 2.20. The fourth-order valence-electron chi connectivity index (χ4n) is 2.54. The second-order valence-electron chi connectivity index (χ2n) is 5.70. The van der Waals surface area contributed by atoms with Crippen LogP contribution in [-0.2, 0) is 14.3 Å². The van der Waals surface area contributed by atoms with Crippen molar-refractivity contribution in [3.05, 3.63) is 46.8 Å². The molecule has 1 heterocycles. The first-order chi connectivity index (χ1) is 12.9. The molecule has 1 amide bonds. The molecule has 0 atom stereocenters. The maximum Gasteiger partial charge on any atom is 0.355 e. The number of aromatic amines is 1. The SMILES string of the molecule is CCOC(=O)c1c(C)[nH]c(C(=O)OCC(=O)Nc2ccc(OC)cc2)c1C. The molecule has 0 saturated heterocycles. The van der Waals surface area contributed by atoms with Gasteiger partial charge in [0.1, 0.15) is 11.4 Å². The highest BCUT2D eigenvalue weighted by atomic mass is 16.5. The topological polar surface area (TPSA) is 107 Å². The van der Waals surface area contributed by atoms with E-state index < -0.39 is 24.5 Å². The van der Waals surface area contributed by atoms with E-state index in [4.69, 9.17) is 14.2 Å². The van der Waals surface area contributed by atoms with Gasteiger partial charge < -0.3 is 24.5 Å². The number of esters is 2. The second kappa shape index (κ2) is 8.88. The maximum atomic E-state index is 12.2. The van der Waals surface area contributed by atoms with E-state index in [9.17, 15) is 14.4 Å². The Bertz CT molecular complexity index is 839. The Morgan fingerprint density at radius 2 is 1.70 bits per heavy atom. The summed E-state index contributed by atoms with van der Waals surface area (Å²) in [6.07, 6.45) is 0. The highest BCUT2D eigenvalue weighted by molar-refractivity contribution is 5.99. The number of hydrogen-bond acceptors (Lipinski definition) is 6. The lowest BCUT2D eigenvalue weighted by Crippen LogP contribution is -2.21. The van der Waals surface area contributed by atoms with E-state index in [-0.39, 0.29) is 12.3 Å². The number of amides is 1. The Labute approximate surface area is 156 Å². The average Bonchev–Trinajstić information content (AvgIpc) is 2.95. The van der Waals surface area contributed by atoms with Crippen LogP contribution in [0.1, 0.15) is 39.0 Å². The molecule has 0 unspecified atom stereocenters. The quantitative estimate of drug-likeness (QED) is 0.722.